The van der Waals surface area contributed by atoms with E-state index < -0.39 is 6.17 Å². The van der Waals surface area contributed by atoms with Gasteiger partial charge in [0.05, 0.1) is 12.7 Å². The van der Waals surface area contributed by atoms with Crippen LogP contribution in [0.1, 0.15) is 30.8 Å². The number of carbonyl (C=O) groups is 1. The smallest absolute Gasteiger partial charge is 0.273 e. The van der Waals surface area contributed by atoms with E-state index in [1.807, 2.05) is 13.8 Å². The zero-order valence-corrected chi connectivity index (χ0v) is 10.6. The van der Waals surface area contributed by atoms with E-state index in [-0.39, 0.29) is 18.0 Å². The second-order valence-electron chi connectivity index (χ2n) is 4.89. The Morgan fingerprint density at radius 1 is 1.72 bits per heavy atom. The van der Waals surface area contributed by atoms with Gasteiger partial charge in [-0.2, -0.15) is 0 Å². The highest BCUT2D eigenvalue weighted by molar-refractivity contribution is 5.91. The van der Waals surface area contributed by atoms with Gasteiger partial charge in [0.2, 0.25) is 0 Å². The van der Waals surface area contributed by atoms with Crippen LogP contribution in [0.3, 0.4) is 0 Å². The van der Waals surface area contributed by atoms with Crippen molar-refractivity contribution < 1.29 is 9.18 Å². The van der Waals surface area contributed by atoms with Gasteiger partial charge < -0.3 is 10.6 Å². The lowest BCUT2D eigenvalue weighted by atomic mass is 10.2. The van der Waals surface area contributed by atoms with Crippen LogP contribution in [-0.4, -0.2) is 45.7 Å². The molecule has 2 unspecified atom stereocenters. The molecule has 100 valence electrons. The maximum Gasteiger partial charge on any atom is 0.273 e. The highest BCUT2D eigenvalue weighted by Crippen LogP contribution is 2.11. The number of carbonyl (C=O) groups excluding carboxylic acids is 1. The van der Waals surface area contributed by atoms with Gasteiger partial charge >= 0.3 is 0 Å². The molecule has 2 heterocycles. The van der Waals surface area contributed by atoms with Crippen LogP contribution in [0, 0.1) is 0 Å². The average Bonchev–Trinajstić information content (AvgIpc) is 2.87. The van der Waals surface area contributed by atoms with Gasteiger partial charge in [0.1, 0.15) is 6.17 Å². The highest BCUT2D eigenvalue weighted by atomic mass is 19.1. The van der Waals surface area contributed by atoms with Crippen LogP contribution in [0.25, 0.3) is 0 Å². The van der Waals surface area contributed by atoms with Gasteiger partial charge in [-0.1, -0.05) is 5.21 Å². The third kappa shape index (κ3) is 3.25. The molecule has 0 aromatic carbocycles. The zero-order chi connectivity index (χ0) is 13.1. The molecule has 0 aliphatic carbocycles. The van der Waals surface area contributed by atoms with Crippen molar-refractivity contribution in [3.8, 4) is 0 Å². The predicted octanol–water partition coefficient (Wildman–Crippen LogP) is 0.116. The Labute approximate surface area is 105 Å². The number of rotatable bonds is 4. The molecule has 1 fully saturated rings. The summed E-state index contributed by atoms with van der Waals surface area (Å²) in [5, 5.41) is 13.5. The van der Waals surface area contributed by atoms with Gasteiger partial charge in [-0.3, -0.25) is 9.48 Å². The Balaban J connectivity index is 1.91. The highest BCUT2D eigenvalue weighted by Gasteiger charge is 2.24. The summed E-state index contributed by atoms with van der Waals surface area (Å²) in [6, 6.07) is 0.120. The summed E-state index contributed by atoms with van der Waals surface area (Å²) in [4.78, 5) is 11.7. The van der Waals surface area contributed by atoms with E-state index in [1.54, 1.807) is 10.9 Å². The molecule has 1 aliphatic heterocycles. The largest absolute Gasteiger partial charge is 0.348 e. The van der Waals surface area contributed by atoms with Gasteiger partial charge in [0.15, 0.2) is 5.69 Å². The molecule has 2 rings (SSSR count). The number of aromatic nitrogens is 3. The number of amides is 1. The van der Waals surface area contributed by atoms with Crippen LogP contribution in [0.2, 0.25) is 0 Å². The number of hydrogen-bond acceptors (Lipinski definition) is 4. The molecular formula is C11H18FN5O. The Kier molecular flexibility index (Phi) is 3.90. The van der Waals surface area contributed by atoms with Crippen LogP contribution in [0.5, 0.6) is 0 Å². The van der Waals surface area contributed by atoms with E-state index in [9.17, 15) is 9.18 Å². The lowest BCUT2D eigenvalue weighted by Gasteiger charge is -2.08. The van der Waals surface area contributed by atoms with E-state index in [0.717, 1.165) is 0 Å². The van der Waals surface area contributed by atoms with Gasteiger partial charge in [-0.25, -0.2) is 4.39 Å². The number of halogens is 1. The van der Waals surface area contributed by atoms with Crippen molar-refractivity contribution in [1.29, 1.82) is 0 Å². The Morgan fingerprint density at radius 2 is 2.50 bits per heavy atom. The van der Waals surface area contributed by atoms with Crippen molar-refractivity contribution in [2.75, 3.05) is 6.54 Å². The van der Waals surface area contributed by atoms with Crippen molar-refractivity contribution in [3.05, 3.63) is 11.9 Å². The molecule has 1 aromatic heterocycles. The summed E-state index contributed by atoms with van der Waals surface area (Å²) in [5.41, 5.74) is 0.290. The monoisotopic (exact) mass is 255 g/mol. The van der Waals surface area contributed by atoms with Gasteiger partial charge in [0.25, 0.3) is 5.91 Å². The van der Waals surface area contributed by atoms with Gasteiger partial charge in [-0.15, -0.1) is 5.10 Å². The number of nitrogens with zero attached hydrogens (tertiary/aromatic N) is 3. The van der Waals surface area contributed by atoms with Crippen LogP contribution in [0.4, 0.5) is 4.39 Å². The molecule has 0 spiro atoms. The molecule has 2 atom stereocenters. The maximum absolute atomic E-state index is 13.0. The van der Waals surface area contributed by atoms with E-state index in [4.69, 9.17) is 0 Å². The van der Waals surface area contributed by atoms with Crippen LogP contribution in [-0.2, 0) is 6.54 Å². The second-order valence-corrected chi connectivity index (χ2v) is 4.89. The first kappa shape index (κ1) is 12.9. The molecule has 7 heteroatoms. The lowest BCUT2D eigenvalue weighted by molar-refractivity contribution is 0.0938. The number of hydrogen-bond donors (Lipinski definition) is 2. The molecule has 6 nitrogen and oxygen atoms in total. The van der Waals surface area contributed by atoms with E-state index >= 15 is 0 Å². The molecule has 1 amide bonds. The fourth-order valence-electron chi connectivity index (χ4n) is 1.96. The molecular weight excluding hydrogens is 237 g/mol. The summed E-state index contributed by atoms with van der Waals surface area (Å²) >= 11 is 0. The van der Waals surface area contributed by atoms with E-state index in [1.165, 1.54) is 0 Å². The third-order valence-corrected chi connectivity index (χ3v) is 2.77. The lowest BCUT2D eigenvalue weighted by Crippen LogP contribution is -2.30. The topological polar surface area (TPSA) is 71.8 Å². The summed E-state index contributed by atoms with van der Waals surface area (Å²) in [5.74, 6) is -0.237. The molecule has 18 heavy (non-hydrogen) atoms. The number of nitrogens with one attached hydrogen (secondary N) is 2. The predicted molar refractivity (Wildman–Crippen MR) is 63.9 cm³/mol. The molecule has 0 bridgehead atoms. The van der Waals surface area contributed by atoms with Crippen molar-refractivity contribution in [1.82, 2.24) is 25.6 Å². The minimum absolute atomic E-state index is 0.0581. The Bertz CT molecular complexity index is 419. The van der Waals surface area contributed by atoms with Crippen molar-refractivity contribution in [3.63, 3.8) is 0 Å². The van der Waals surface area contributed by atoms with E-state index in [2.05, 4.69) is 20.9 Å². The van der Waals surface area contributed by atoms with Crippen LogP contribution in [0.15, 0.2) is 6.20 Å². The molecule has 0 radical (unpaired) electrons. The number of alkyl halides is 1. The standard InChI is InChI=1S/C11H18FN5O/c1-7(2)14-11(18)10-6-17(16-15-10)5-9-3-8(12)4-13-9/h6-9,13H,3-5H2,1-2H3,(H,14,18). The quantitative estimate of drug-likeness (QED) is 0.801. The molecule has 1 aliphatic rings. The molecule has 0 saturated carbocycles. The SMILES string of the molecule is CC(C)NC(=O)c1cn(CC2CC(F)CN2)nn1. The molecule has 1 saturated heterocycles. The van der Waals surface area contributed by atoms with Crippen molar-refractivity contribution in [2.45, 2.75) is 45.1 Å². The first-order valence-corrected chi connectivity index (χ1v) is 6.13. The summed E-state index contributed by atoms with van der Waals surface area (Å²) in [6.45, 7) is 4.68. The fourth-order valence-corrected chi connectivity index (χ4v) is 1.96. The minimum Gasteiger partial charge on any atom is -0.348 e. The summed E-state index contributed by atoms with van der Waals surface area (Å²) < 4.78 is 14.6. The second kappa shape index (κ2) is 5.43. The van der Waals surface area contributed by atoms with Gasteiger partial charge in [0, 0.05) is 18.6 Å². The minimum atomic E-state index is -0.790. The summed E-state index contributed by atoms with van der Waals surface area (Å²) in [6.07, 6.45) is 1.28. The van der Waals surface area contributed by atoms with Crippen molar-refractivity contribution >= 4 is 5.91 Å². The van der Waals surface area contributed by atoms with Crippen LogP contribution >= 0.6 is 0 Å². The average molecular weight is 255 g/mol. The normalized spacial score (nSPS) is 23.6. The zero-order valence-electron chi connectivity index (χ0n) is 10.6. The molecule has 1 aromatic rings. The summed E-state index contributed by atoms with van der Waals surface area (Å²) in [7, 11) is 0. The molecule has 2 N–H and O–H groups in total. The third-order valence-electron chi connectivity index (χ3n) is 2.77. The fraction of sp³-hybridized carbons (Fsp3) is 0.727. The van der Waals surface area contributed by atoms with E-state index in [0.29, 0.717) is 25.2 Å². The first-order valence-electron chi connectivity index (χ1n) is 6.13. The Morgan fingerprint density at radius 3 is 3.11 bits per heavy atom. The van der Waals surface area contributed by atoms with Gasteiger partial charge in [-0.05, 0) is 20.3 Å². The van der Waals surface area contributed by atoms with Crippen molar-refractivity contribution in [2.24, 2.45) is 0 Å². The maximum atomic E-state index is 13.0. The Hall–Kier alpha value is -1.50. The first-order chi connectivity index (χ1) is 8.54. The van der Waals surface area contributed by atoms with Crippen LogP contribution < -0.4 is 10.6 Å².